The molecule has 0 saturated heterocycles. The first-order chi connectivity index (χ1) is 12.0. The third-order valence-corrected chi connectivity index (χ3v) is 3.63. The molecular weight excluding hydrogens is 327 g/mol. The van der Waals surface area contributed by atoms with Gasteiger partial charge in [-0.05, 0) is 24.3 Å². The molecule has 2 N–H and O–H groups in total. The summed E-state index contributed by atoms with van der Waals surface area (Å²) in [7, 11) is 2.73. The lowest BCUT2D eigenvalue weighted by Gasteiger charge is -2.12. The van der Waals surface area contributed by atoms with Gasteiger partial charge in [0.2, 0.25) is 0 Å². The molecule has 25 heavy (non-hydrogen) atoms. The van der Waals surface area contributed by atoms with Crippen molar-refractivity contribution in [3.63, 3.8) is 0 Å². The minimum Gasteiger partial charge on any atom is -0.496 e. The highest BCUT2D eigenvalue weighted by atomic mass is 19.1. The fourth-order valence-corrected chi connectivity index (χ4v) is 2.37. The number of aromatic nitrogens is 1. The second kappa shape index (κ2) is 6.64. The van der Waals surface area contributed by atoms with E-state index < -0.39 is 11.8 Å². The molecule has 0 saturated carbocycles. The Morgan fingerprint density at radius 1 is 1.12 bits per heavy atom. The van der Waals surface area contributed by atoms with Crippen molar-refractivity contribution in [3.8, 4) is 17.2 Å². The molecule has 1 aromatic heterocycles. The van der Waals surface area contributed by atoms with Crippen LogP contribution in [-0.4, -0.2) is 25.2 Å². The molecule has 0 bridgehead atoms. The van der Waals surface area contributed by atoms with Crippen molar-refractivity contribution in [2.45, 2.75) is 0 Å². The lowest BCUT2D eigenvalue weighted by atomic mass is 10.1. The van der Waals surface area contributed by atoms with E-state index in [0.29, 0.717) is 22.4 Å². The number of halogens is 1. The van der Waals surface area contributed by atoms with Gasteiger partial charge < -0.3 is 19.9 Å². The molecular formula is C18H15FN2O4. The lowest BCUT2D eigenvalue weighted by molar-refractivity contribution is 0.0597. The van der Waals surface area contributed by atoms with Crippen LogP contribution in [0.3, 0.4) is 0 Å². The number of hydrogen-bond donors (Lipinski definition) is 1. The van der Waals surface area contributed by atoms with Crippen molar-refractivity contribution in [2.75, 3.05) is 20.0 Å². The summed E-state index contributed by atoms with van der Waals surface area (Å²) in [4.78, 5) is 16.2. The summed E-state index contributed by atoms with van der Waals surface area (Å²) in [5.41, 5.74) is 6.29. The Morgan fingerprint density at radius 3 is 2.60 bits per heavy atom. The minimum atomic E-state index is -0.576. The number of benzene rings is 2. The van der Waals surface area contributed by atoms with Crippen molar-refractivity contribution >= 4 is 22.6 Å². The number of ether oxygens (including phenoxy) is 3. The normalized spacial score (nSPS) is 10.5. The van der Waals surface area contributed by atoms with Crippen LogP contribution in [0.1, 0.15) is 10.4 Å². The Balaban J connectivity index is 2.11. The Kier molecular flexibility index (Phi) is 4.38. The van der Waals surface area contributed by atoms with Crippen LogP contribution < -0.4 is 15.2 Å². The summed E-state index contributed by atoms with van der Waals surface area (Å²) in [6.45, 7) is 0. The summed E-state index contributed by atoms with van der Waals surface area (Å²) in [5, 5.41) is 0.556. The van der Waals surface area contributed by atoms with E-state index in [1.54, 1.807) is 30.5 Å². The van der Waals surface area contributed by atoms with Crippen molar-refractivity contribution in [2.24, 2.45) is 0 Å². The van der Waals surface area contributed by atoms with E-state index >= 15 is 0 Å². The number of carbonyl (C=O) groups is 1. The summed E-state index contributed by atoms with van der Waals surface area (Å²) in [6, 6.07) is 8.94. The Bertz CT molecular complexity index is 959. The highest BCUT2D eigenvalue weighted by Crippen LogP contribution is 2.34. The molecule has 3 aromatic rings. The topological polar surface area (TPSA) is 83.7 Å². The maximum absolute atomic E-state index is 13.6. The number of anilines is 1. The van der Waals surface area contributed by atoms with Crippen molar-refractivity contribution < 1.29 is 23.4 Å². The van der Waals surface area contributed by atoms with E-state index in [-0.39, 0.29) is 17.0 Å². The van der Waals surface area contributed by atoms with Gasteiger partial charge >= 0.3 is 5.97 Å². The predicted molar refractivity (Wildman–Crippen MR) is 90.5 cm³/mol. The van der Waals surface area contributed by atoms with Gasteiger partial charge in [-0.2, -0.15) is 0 Å². The number of nitrogen functional groups attached to an aromatic ring is 1. The van der Waals surface area contributed by atoms with Gasteiger partial charge in [0.25, 0.3) is 0 Å². The van der Waals surface area contributed by atoms with Gasteiger partial charge in [-0.1, -0.05) is 0 Å². The van der Waals surface area contributed by atoms with Gasteiger partial charge in [-0.3, -0.25) is 4.98 Å². The number of carbonyl (C=O) groups excluding carboxylic acids is 1. The number of methoxy groups -OCH3 is 2. The van der Waals surface area contributed by atoms with Gasteiger partial charge in [-0.25, -0.2) is 9.18 Å². The SMILES string of the molecule is COC(=O)c1cc2c(Oc3ccc(N)c(F)c3)ccnc2cc1OC. The Morgan fingerprint density at radius 2 is 1.92 bits per heavy atom. The first-order valence-electron chi connectivity index (χ1n) is 7.31. The number of esters is 1. The van der Waals surface area contributed by atoms with Crippen LogP contribution in [-0.2, 0) is 4.74 Å². The maximum atomic E-state index is 13.6. The second-order valence-corrected chi connectivity index (χ2v) is 5.16. The van der Waals surface area contributed by atoms with Crippen LogP contribution >= 0.6 is 0 Å². The molecule has 2 aromatic carbocycles. The van der Waals surface area contributed by atoms with Crippen LogP contribution in [0.4, 0.5) is 10.1 Å². The molecule has 0 aliphatic carbocycles. The summed E-state index contributed by atoms with van der Waals surface area (Å²) < 4.78 is 29.3. The quantitative estimate of drug-likeness (QED) is 0.577. The van der Waals surface area contributed by atoms with Crippen LogP contribution in [0.25, 0.3) is 10.9 Å². The largest absolute Gasteiger partial charge is 0.496 e. The van der Waals surface area contributed by atoms with E-state index in [0.717, 1.165) is 0 Å². The molecule has 0 atom stereocenters. The smallest absolute Gasteiger partial charge is 0.341 e. The Labute approximate surface area is 142 Å². The average molecular weight is 342 g/mol. The lowest BCUT2D eigenvalue weighted by Crippen LogP contribution is -2.04. The number of fused-ring (bicyclic) bond motifs is 1. The first kappa shape index (κ1) is 16.5. The van der Waals surface area contributed by atoms with Gasteiger partial charge in [0.05, 0.1) is 25.4 Å². The molecule has 0 unspecified atom stereocenters. The third-order valence-electron chi connectivity index (χ3n) is 3.63. The molecule has 1 heterocycles. The second-order valence-electron chi connectivity index (χ2n) is 5.16. The fraction of sp³-hybridized carbons (Fsp3) is 0.111. The van der Waals surface area contributed by atoms with Crippen molar-refractivity contribution in [3.05, 3.63) is 54.0 Å². The van der Waals surface area contributed by atoms with Gasteiger partial charge in [0.15, 0.2) is 0 Å². The third kappa shape index (κ3) is 3.16. The zero-order chi connectivity index (χ0) is 18.0. The zero-order valence-corrected chi connectivity index (χ0v) is 13.6. The molecule has 6 nitrogen and oxygen atoms in total. The van der Waals surface area contributed by atoms with Crippen LogP contribution in [0.5, 0.6) is 17.2 Å². The van der Waals surface area contributed by atoms with Gasteiger partial charge in [0.1, 0.15) is 28.6 Å². The molecule has 0 fully saturated rings. The van der Waals surface area contributed by atoms with Gasteiger partial charge in [-0.15, -0.1) is 0 Å². The zero-order valence-electron chi connectivity index (χ0n) is 13.6. The highest BCUT2D eigenvalue weighted by molar-refractivity contribution is 5.99. The highest BCUT2D eigenvalue weighted by Gasteiger charge is 2.17. The average Bonchev–Trinajstić information content (AvgIpc) is 2.63. The molecule has 0 amide bonds. The standard InChI is InChI=1S/C18H15FN2O4/c1-23-17-9-15-11(8-12(17)18(22)24-2)16(5-6-21-15)25-10-3-4-14(20)13(19)7-10/h3-9H,20H2,1-2H3. The van der Waals surface area contributed by atoms with Crippen molar-refractivity contribution in [1.29, 1.82) is 0 Å². The molecule has 0 spiro atoms. The van der Waals surface area contributed by atoms with Gasteiger partial charge in [0, 0.05) is 23.7 Å². The van der Waals surface area contributed by atoms with E-state index in [1.165, 1.54) is 26.4 Å². The van der Waals surface area contributed by atoms with Crippen molar-refractivity contribution in [1.82, 2.24) is 4.98 Å². The molecule has 0 aliphatic heterocycles. The number of nitrogens with two attached hydrogens (primary N) is 1. The molecule has 0 radical (unpaired) electrons. The first-order valence-corrected chi connectivity index (χ1v) is 7.31. The molecule has 3 rings (SSSR count). The molecule has 7 heteroatoms. The summed E-state index contributed by atoms with van der Waals surface area (Å²) >= 11 is 0. The molecule has 0 aliphatic rings. The van der Waals surface area contributed by atoms with Crippen LogP contribution in [0, 0.1) is 5.82 Å². The van der Waals surface area contributed by atoms with Crippen LogP contribution in [0.2, 0.25) is 0 Å². The number of pyridine rings is 1. The Hall–Kier alpha value is -3.35. The van der Waals surface area contributed by atoms with E-state index in [4.69, 9.17) is 19.9 Å². The summed E-state index contributed by atoms with van der Waals surface area (Å²) in [5.74, 6) is -0.112. The summed E-state index contributed by atoms with van der Waals surface area (Å²) in [6.07, 6.45) is 1.54. The van der Waals surface area contributed by atoms with E-state index in [9.17, 15) is 9.18 Å². The molecule has 128 valence electrons. The van der Waals surface area contributed by atoms with E-state index in [1.807, 2.05) is 0 Å². The number of nitrogens with zero attached hydrogens (tertiary/aromatic N) is 1. The monoisotopic (exact) mass is 342 g/mol. The fourth-order valence-electron chi connectivity index (χ4n) is 2.37. The predicted octanol–water partition coefficient (Wildman–Crippen LogP) is 3.54. The van der Waals surface area contributed by atoms with E-state index in [2.05, 4.69) is 4.98 Å². The minimum absolute atomic E-state index is 0.0321. The maximum Gasteiger partial charge on any atom is 0.341 e. The van der Waals surface area contributed by atoms with Crippen LogP contribution in [0.15, 0.2) is 42.6 Å². The number of rotatable bonds is 4. The number of hydrogen-bond acceptors (Lipinski definition) is 6.